The molecule has 1 aliphatic rings. The van der Waals surface area contributed by atoms with E-state index in [-0.39, 0.29) is 17.7 Å². The zero-order valence-electron chi connectivity index (χ0n) is 18.6. The van der Waals surface area contributed by atoms with Gasteiger partial charge in [0.25, 0.3) is 5.91 Å². The number of carbonyl (C=O) groups is 3. The Balaban J connectivity index is 1.98. The maximum absolute atomic E-state index is 13.5. The smallest absolute Gasteiger partial charge is 0.256 e. The lowest BCUT2D eigenvalue weighted by Gasteiger charge is -2.27. The van der Waals surface area contributed by atoms with E-state index >= 15 is 0 Å². The molecule has 164 valence electrons. The van der Waals surface area contributed by atoms with E-state index in [4.69, 9.17) is 5.73 Å². The summed E-state index contributed by atoms with van der Waals surface area (Å²) in [5.41, 5.74) is 9.58. The van der Waals surface area contributed by atoms with Crippen molar-refractivity contribution in [3.63, 3.8) is 0 Å². The first kappa shape index (κ1) is 22.5. The van der Waals surface area contributed by atoms with Gasteiger partial charge in [-0.15, -0.1) is 0 Å². The number of fused-ring (bicyclic) bond motifs is 3. The number of imide groups is 1. The van der Waals surface area contributed by atoms with E-state index in [1.165, 1.54) is 4.90 Å². The molecule has 3 rings (SSSR count). The van der Waals surface area contributed by atoms with Crippen LogP contribution < -0.4 is 16.0 Å². The number of amides is 3. The summed E-state index contributed by atoms with van der Waals surface area (Å²) in [6.45, 7) is 7.34. The second-order valence-corrected chi connectivity index (χ2v) is 8.34. The van der Waals surface area contributed by atoms with Crippen LogP contribution in [0.5, 0.6) is 0 Å². The molecule has 6 heteroatoms. The Morgan fingerprint density at radius 1 is 1.13 bits per heavy atom. The number of anilines is 2. The molecule has 1 heterocycles. The molecular formula is C25H31N3O3. The Bertz CT molecular complexity index is 1000. The first-order valence-corrected chi connectivity index (χ1v) is 10.9. The number of carbonyl (C=O) groups excluding carboxylic acids is 3. The third-order valence-electron chi connectivity index (χ3n) is 5.99. The van der Waals surface area contributed by atoms with Gasteiger partial charge in [-0.1, -0.05) is 57.0 Å². The number of benzene rings is 2. The highest BCUT2D eigenvalue weighted by molar-refractivity contribution is 6.22. The Morgan fingerprint density at radius 2 is 1.84 bits per heavy atom. The predicted molar refractivity (Wildman–Crippen MR) is 123 cm³/mol. The number of unbranched alkanes of at least 4 members (excludes halogenated alkanes) is 1. The normalized spacial score (nSPS) is 17.2. The van der Waals surface area contributed by atoms with Gasteiger partial charge >= 0.3 is 0 Å². The molecule has 6 nitrogen and oxygen atoms in total. The van der Waals surface area contributed by atoms with Crippen molar-refractivity contribution in [1.82, 2.24) is 5.32 Å². The molecular weight excluding hydrogens is 390 g/mol. The largest absolute Gasteiger partial charge is 0.398 e. The van der Waals surface area contributed by atoms with Crippen LogP contribution in [0.15, 0.2) is 42.5 Å². The first-order chi connectivity index (χ1) is 14.8. The molecule has 2 aromatic carbocycles. The van der Waals surface area contributed by atoms with Crippen molar-refractivity contribution in [2.45, 2.75) is 58.9 Å². The van der Waals surface area contributed by atoms with Gasteiger partial charge in [-0.25, -0.2) is 4.90 Å². The first-order valence-electron chi connectivity index (χ1n) is 10.9. The quantitative estimate of drug-likeness (QED) is 0.682. The molecule has 0 fully saturated rings. The monoisotopic (exact) mass is 421 g/mol. The van der Waals surface area contributed by atoms with Gasteiger partial charge < -0.3 is 11.1 Å². The van der Waals surface area contributed by atoms with E-state index in [2.05, 4.69) is 12.2 Å². The molecule has 2 unspecified atom stereocenters. The summed E-state index contributed by atoms with van der Waals surface area (Å²) in [6.07, 6.45) is 2.71. The van der Waals surface area contributed by atoms with E-state index in [1.54, 1.807) is 32.0 Å². The van der Waals surface area contributed by atoms with Crippen LogP contribution >= 0.6 is 0 Å². The zero-order chi connectivity index (χ0) is 22.7. The van der Waals surface area contributed by atoms with Crippen LogP contribution in [0.4, 0.5) is 11.4 Å². The standard InChI is InChI=1S/C25H31N3O3/c1-5-6-10-15(2)23(29)27-17(4)25(31)28-21-14-9-13-20(26)22(21)19-12-8-7-11-18(19)16(3)24(28)30/h7-9,11-17H,5-6,10,26H2,1-4H3,(H,27,29)/t15?,16?,17-/m0/s1. The number of rotatable bonds is 6. The summed E-state index contributed by atoms with van der Waals surface area (Å²) in [6, 6.07) is 12.0. The fourth-order valence-electron chi connectivity index (χ4n) is 4.06. The molecule has 3 atom stereocenters. The summed E-state index contributed by atoms with van der Waals surface area (Å²) in [5, 5.41) is 2.79. The molecule has 0 spiro atoms. The molecule has 3 amide bonds. The van der Waals surface area contributed by atoms with Crippen molar-refractivity contribution in [2.24, 2.45) is 5.92 Å². The highest BCUT2D eigenvalue weighted by atomic mass is 16.2. The van der Waals surface area contributed by atoms with Crippen LogP contribution in [-0.2, 0) is 14.4 Å². The van der Waals surface area contributed by atoms with Gasteiger partial charge in [-0.05, 0) is 43.5 Å². The number of hydrogen-bond donors (Lipinski definition) is 2. The average molecular weight is 422 g/mol. The van der Waals surface area contributed by atoms with Gasteiger partial charge in [0, 0.05) is 17.2 Å². The third kappa shape index (κ3) is 4.33. The van der Waals surface area contributed by atoms with E-state index < -0.39 is 17.9 Å². The lowest BCUT2D eigenvalue weighted by Crippen LogP contribution is -2.51. The summed E-state index contributed by atoms with van der Waals surface area (Å²) in [5.74, 6) is -1.70. The minimum absolute atomic E-state index is 0.180. The van der Waals surface area contributed by atoms with Crippen molar-refractivity contribution in [2.75, 3.05) is 10.6 Å². The van der Waals surface area contributed by atoms with Crippen LogP contribution in [0.1, 0.15) is 58.4 Å². The van der Waals surface area contributed by atoms with Gasteiger partial charge in [0.2, 0.25) is 11.8 Å². The van der Waals surface area contributed by atoms with Crippen molar-refractivity contribution in [3.05, 3.63) is 48.0 Å². The van der Waals surface area contributed by atoms with E-state index in [0.717, 1.165) is 30.4 Å². The summed E-state index contributed by atoms with van der Waals surface area (Å²) in [7, 11) is 0. The van der Waals surface area contributed by atoms with Crippen molar-refractivity contribution >= 4 is 29.1 Å². The second kappa shape index (κ2) is 9.33. The highest BCUT2D eigenvalue weighted by Crippen LogP contribution is 2.44. The Kier molecular flexibility index (Phi) is 6.78. The zero-order valence-corrected chi connectivity index (χ0v) is 18.6. The maximum atomic E-state index is 13.5. The number of hydrogen-bond acceptors (Lipinski definition) is 4. The van der Waals surface area contributed by atoms with E-state index in [9.17, 15) is 14.4 Å². The Morgan fingerprint density at radius 3 is 2.55 bits per heavy atom. The van der Waals surface area contributed by atoms with Gasteiger partial charge in [0.15, 0.2) is 0 Å². The van der Waals surface area contributed by atoms with Crippen LogP contribution in [0.2, 0.25) is 0 Å². The van der Waals surface area contributed by atoms with E-state index in [0.29, 0.717) is 16.9 Å². The molecule has 2 aromatic rings. The van der Waals surface area contributed by atoms with Crippen molar-refractivity contribution in [3.8, 4) is 11.1 Å². The predicted octanol–water partition coefficient (Wildman–Crippen LogP) is 4.24. The van der Waals surface area contributed by atoms with E-state index in [1.807, 2.05) is 31.2 Å². The fraction of sp³-hybridized carbons (Fsp3) is 0.400. The molecule has 0 saturated heterocycles. The molecule has 0 saturated carbocycles. The van der Waals surface area contributed by atoms with Crippen LogP contribution in [0, 0.1) is 5.92 Å². The molecule has 1 aliphatic heterocycles. The minimum atomic E-state index is -0.844. The number of nitrogens with two attached hydrogens (primary N) is 1. The third-order valence-corrected chi connectivity index (χ3v) is 5.99. The van der Waals surface area contributed by atoms with Gasteiger partial charge in [-0.2, -0.15) is 0 Å². The second-order valence-electron chi connectivity index (χ2n) is 8.34. The minimum Gasteiger partial charge on any atom is -0.398 e. The lowest BCUT2D eigenvalue weighted by atomic mass is 9.92. The fourth-order valence-corrected chi connectivity index (χ4v) is 4.06. The molecule has 3 N–H and O–H groups in total. The molecule has 0 bridgehead atoms. The van der Waals surface area contributed by atoms with Crippen molar-refractivity contribution in [1.29, 1.82) is 0 Å². The van der Waals surface area contributed by atoms with Crippen LogP contribution in [0.3, 0.4) is 0 Å². The summed E-state index contributed by atoms with van der Waals surface area (Å²) in [4.78, 5) is 40.6. The number of nitrogens with zero attached hydrogens (tertiary/aromatic N) is 1. The lowest BCUT2D eigenvalue weighted by molar-refractivity contribution is -0.132. The number of nitrogens with one attached hydrogen (secondary N) is 1. The molecule has 0 aliphatic carbocycles. The van der Waals surface area contributed by atoms with Gasteiger partial charge in [-0.3, -0.25) is 14.4 Å². The summed E-state index contributed by atoms with van der Waals surface area (Å²) >= 11 is 0. The molecule has 0 aromatic heterocycles. The average Bonchev–Trinajstić information content (AvgIpc) is 2.85. The summed E-state index contributed by atoms with van der Waals surface area (Å²) < 4.78 is 0. The Labute approximate surface area is 183 Å². The molecule has 0 radical (unpaired) electrons. The Hall–Kier alpha value is -3.15. The molecule has 31 heavy (non-hydrogen) atoms. The van der Waals surface area contributed by atoms with Crippen molar-refractivity contribution < 1.29 is 14.4 Å². The van der Waals surface area contributed by atoms with Gasteiger partial charge in [0.1, 0.15) is 6.04 Å². The van der Waals surface area contributed by atoms with Crippen LogP contribution in [-0.4, -0.2) is 23.8 Å². The highest BCUT2D eigenvalue weighted by Gasteiger charge is 2.37. The SMILES string of the molecule is CCCCC(C)C(=O)N[C@@H](C)C(=O)N1C(=O)C(C)c2ccccc2-c2c(N)cccc21. The topological polar surface area (TPSA) is 92.5 Å². The van der Waals surface area contributed by atoms with Crippen LogP contribution in [0.25, 0.3) is 11.1 Å². The number of nitrogen functional groups attached to an aromatic ring is 1. The van der Waals surface area contributed by atoms with Gasteiger partial charge in [0.05, 0.1) is 11.6 Å². The maximum Gasteiger partial charge on any atom is 0.256 e.